The van der Waals surface area contributed by atoms with Gasteiger partial charge in [0.05, 0.1) is 0 Å². The van der Waals surface area contributed by atoms with Gasteiger partial charge in [0.25, 0.3) is 0 Å². The van der Waals surface area contributed by atoms with Crippen LogP contribution in [0.2, 0.25) is 0 Å². The Balaban J connectivity index is 1.25. The van der Waals surface area contributed by atoms with E-state index in [0.29, 0.717) is 18.1 Å². The third kappa shape index (κ3) is 5.88. The number of piperidine rings is 1. The molecule has 2 unspecified atom stereocenters. The average Bonchev–Trinajstić information content (AvgIpc) is 3.27. The molecule has 3 heterocycles. The van der Waals surface area contributed by atoms with Crippen molar-refractivity contribution in [3.05, 3.63) is 54.1 Å². The topological polar surface area (TPSA) is 57.5 Å². The molecule has 2 aromatic rings. The van der Waals surface area contributed by atoms with Crippen molar-refractivity contribution in [2.24, 2.45) is 4.99 Å². The van der Waals surface area contributed by atoms with E-state index >= 15 is 0 Å². The Kier molecular flexibility index (Phi) is 7.62. The molecule has 0 radical (unpaired) electrons. The maximum atomic E-state index is 4.86. The van der Waals surface area contributed by atoms with E-state index in [9.17, 15) is 0 Å². The van der Waals surface area contributed by atoms with Crippen LogP contribution >= 0.6 is 0 Å². The van der Waals surface area contributed by atoms with E-state index in [0.717, 1.165) is 50.8 Å². The minimum atomic E-state index is 0.524. The number of hydrogen-bond donors (Lipinski definition) is 2. The number of aliphatic imine (C=N–C) groups is 1. The lowest BCUT2D eigenvalue weighted by Crippen LogP contribution is -2.52. The van der Waals surface area contributed by atoms with Gasteiger partial charge >= 0.3 is 0 Å². The van der Waals surface area contributed by atoms with Crippen LogP contribution in [0.5, 0.6) is 0 Å². The standard InChI is InChI=1S/C25H38N6/c1-3-26-25(28-13-7-8-15-30-16-14-27-20(30)2)29-22-17-23-11-12-24(18-22)31(23)19-21-9-5-4-6-10-21/h4-6,9-10,14,16,22-24H,3,7-8,11-13,15,17-19H2,1-2H3,(H2,26,28,29). The molecule has 2 atom stereocenters. The predicted octanol–water partition coefficient (Wildman–Crippen LogP) is 3.72. The molecule has 2 aliphatic rings. The van der Waals surface area contributed by atoms with Gasteiger partial charge in [-0.1, -0.05) is 30.3 Å². The van der Waals surface area contributed by atoms with Crippen molar-refractivity contribution in [3.8, 4) is 0 Å². The first kappa shape index (κ1) is 21.9. The highest BCUT2D eigenvalue weighted by molar-refractivity contribution is 5.80. The minimum absolute atomic E-state index is 0.524. The van der Waals surface area contributed by atoms with Crippen molar-refractivity contribution in [2.45, 2.75) is 83.6 Å². The zero-order valence-corrected chi connectivity index (χ0v) is 19.1. The second kappa shape index (κ2) is 10.8. The maximum Gasteiger partial charge on any atom is 0.191 e. The van der Waals surface area contributed by atoms with Crippen LogP contribution in [0.15, 0.2) is 47.7 Å². The Bertz CT molecular complexity index is 816. The lowest BCUT2D eigenvalue weighted by atomic mass is 9.96. The Labute approximate surface area is 187 Å². The summed E-state index contributed by atoms with van der Waals surface area (Å²) >= 11 is 0. The van der Waals surface area contributed by atoms with E-state index in [2.05, 4.69) is 75.5 Å². The highest BCUT2D eigenvalue weighted by Crippen LogP contribution is 2.36. The maximum absolute atomic E-state index is 4.86. The summed E-state index contributed by atoms with van der Waals surface area (Å²) in [4.78, 5) is 11.9. The summed E-state index contributed by atoms with van der Waals surface area (Å²) in [6.07, 6.45) is 11.2. The SMILES string of the molecule is CCNC(=NCCCCn1ccnc1C)NC1CC2CCC(C1)N2Cc1ccccc1. The number of imidazole rings is 1. The van der Waals surface area contributed by atoms with E-state index in [1.807, 2.05) is 6.20 Å². The Morgan fingerprint density at radius 1 is 1.13 bits per heavy atom. The highest BCUT2D eigenvalue weighted by atomic mass is 15.3. The smallest absolute Gasteiger partial charge is 0.191 e. The van der Waals surface area contributed by atoms with Gasteiger partial charge < -0.3 is 15.2 Å². The number of benzene rings is 1. The predicted molar refractivity (Wildman–Crippen MR) is 127 cm³/mol. The molecular formula is C25H38N6. The molecule has 1 aromatic carbocycles. The molecule has 2 saturated heterocycles. The molecule has 0 amide bonds. The molecule has 2 fully saturated rings. The van der Waals surface area contributed by atoms with Crippen LogP contribution in [0.3, 0.4) is 0 Å². The molecule has 4 rings (SSSR count). The molecule has 0 spiro atoms. The second-order valence-corrected chi connectivity index (χ2v) is 8.99. The Morgan fingerprint density at radius 3 is 2.58 bits per heavy atom. The number of guanidine groups is 1. The summed E-state index contributed by atoms with van der Waals surface area (Å²) in [7, 11) is 0. The molecule has 6 nitrogen and oxygen atoms in total. The first-order chi connectivity index (χ1) is 15.2. The first-order valence-electron chi connectivity index (χ1n) is 12.0. The number of unbranched alkanes of at least 4 members (excludes halogenated alkanes) is 1. The highest BCUT2D eigenvalue weighted by Gasteiger charge is 2.40. The molecule has 1 aromatic heterocycles. The van der Waals surface area contributed by atoms with E-state index in [1.165, 1.54) is 31.2 Å². The summed E-state index contributed by atoms with van der Waals surface area (Å²) < 4.78 is 2.21. The number of hydrogen-bond acceptors (Lipinski definition) is 3. The van der Waals surface area contributed by atoms with Crippen molar-refractivity contribution < 1.29 is 0 Å². The summed E-state index contributed by atoms with van der Waals surface area (Å²) in [6.45, 7) is 8.08. The zero-order valence-electron chi connectivity index (χ0n) is 19.1. The van der Waals surface area contributed by atoms with Crippen LogP contribution in [-0.2, 0) is 13.1 Å². The van der Waals surface area contributed by atoms with Gasteiger partial charge in [0.2, 0.25) is 0 Å². The van der Waals surface area contributed by atoms with Gasteiger partial charge in [0, 0.05) is 56.7 Å². The number of nitrogens with zero attached hydrogens (tertiary/aromatic N) is 4. The van der Waals surface area contributed by atoms with Crippen molar-refractivity contribution in [1.82, 2.24) is 25.1 Å². The van der Waals surface area contributed by atoms with Crippen molar-refractivity contribution >= 4 is 5.96 Å². The van der Waals surface area contributed by atoms with Crippen molar-refractivity contribution in [1.29, 1.82) is 0 Å². The number of aryl methyl sites for hydroxylation is 2. The van der Waals surface area contributed by atoms with Gasteiger partial charge in [0.15, 0.2) is 5.96 Å². The molecule has 31 heavy (non-hydrogen) atoms. The van der Waals surface area contributed by atoms with Crippen molar-refractivity contribution in [2.75, 3.05) is 13.1 Å². The van der Waals surface area contributed by atoms with Crippen LogP contribution in [0.25, 0.3) is 0 Å². The molecule has 2 N–H and O–H groups in total. The zero-order chi connectivity index (χ0) is 21.5. The van der Waals surface area contributed by atoms with Crippen LogP contribution in [-0.4, -0.2) is 51.6 Å². The number of rotatable bonds is 9. The van der Waals surface area contributed by atoms with Gasteiger partial charge in [-0.25, -0.2) is 4.98 Å². The van der Waals surface area contributed by atoms with Gasteiger partial charge in [-0.3, -0.25) is 9.89 Å². The van der Waals surface area contributed by atoms with Gasteiger partial charge in [-0.05, 0) is 57.9 Å². The van der Waals surface area contributed by atoms with Gasteiger partial charge in [-0.2, -0.15) is 0 Å². The Morgan fingerprint density at radius 2 is 1.90 bits per heavy atom. The summed E-state index contributed by atoms with van der Waals surface area (Å²) in [5, 5.41) is 7.21. The third-order valence-electron chi connectivity index (χ3n) is 6.78. The summed E-state index contributed by atoms with van der Waals surface area (Å²) in [5.74, 6) is 2.08. The van der Waals surface area contributed by atoms with Gasteiger partial charge in [-0.15, -0.1) is 0 Å². The monoisotopic (exact) mass is 422 g/mol. The van der Waals surface area contributed by atoms with Crippen LogP contribution in [0.1, 0.15) is 56.8 Å². The fourth-order valence-corrected chi connectivity index (χ4v) is 5.18. The fraction of sp³-hybridized carbons (Fsp3) is 0.600. The molecule has 2 bridgehead atoms. The van der Waals surface area contributed by atoms with Crippen LogP contribution in [0, 0.1) is 6.92 Å². The second-order valence-electron chi connectivity index (χ2n) is 8.99. The molecule has 0 aliphatic carbocycles. The molecule has 6 heteroatoms. The van der Waals surface area contributed by atoms with E-state index in [-0.39, 0.29) is 0 Å². The van der Waals surface area contributed by atoms with Crippen molar-refractivity contribution in [3.63, 3.8) is 0 Å². The number of aromatic nitrogens is 2. The summed E-state index contributed by atoms with van der Waals surface area (Å²) in [6, 6.07) is 12.8. The first-order valence-corrected chi connectivity index (χ1v) is 12.0. The molecule has 0 saturated carbocycles. The van der Waals surface area contributed by atoms with Crippen LogP contribution < -0.4 is 10.6 Å². The molecular weight excluding hydrogens is 384 g/mol. The third-order valence-corrected chi connectivity index (χ3v) is 6.78. The minimum Gasteiger partial charge on any atom is -0.357 e. The lowest BCUT2D eigenvalue weighted by molar-refractivity contribution is 0.114. The number of nitrogens with one attached hydrogen (secondary N) is 2. The lowest BCUT2D eigenvalue weighted by Gasteiger charge is -2.39. The normalized spacial score (nSPS) is 23.8. The van der Waals surface area contributed by atoms with E-state index in [1.54, 1.807) is 0 Å². The largest absolute Gasteiger partial charge is 0.357 e. The summed E-state index contributed by atoms with van der Waals surface area (Å²) in [5.41, 5.74) is 1.44. The molecule has 168 valence electrons. The van der Waals surface area contributed by atoms with Gasteiger partial charge in [0.1, 0.15) is 5.82 Å². The number of fused-ring (bicyclic) bond motifs is 2. The quantitative estimate of drug-likeness (QED) is 0.367. The Hall–Kier alpha value is -2.34. The van der Waals surface area contributed by atoms with Crippen LogP contribution in [0.4, 0.5) is 0 Å². The molecule has 2 aliphatic heterocycles. The fourth-order valence-electron chi connectivity index (χ4n) is 5.18. The van der Waals surface area contributed by atoms with E-state index < -0.39 is 0 Å². The average molecular weight is 423 g/mol. The van der Waals surface area contributed by atoms with E-state index in [4.69, 9.17) is 4.99 Å².